The standard InChI is InChI=1S/C20H28N2O3S/c1-12(2)25-15-9-8-14(10-16(15)24-7)13(3)22-18(23)17-11-21-19(26-17)20(4,5)6/h8-13H,1-7H3,(H,22,23). The molecule has 1 amide bonds. The van der Waals surface area contributed by atoms with Crippen molar-refractivity contribution in [3.8, 4) is 11.5 Å². The summed E-state index contributed by atoms with van der Waals surface area (Å²) >= 11 is 1.43. The highest BCUT2D eigenvalue weighted by Crippen LogP contribution is 2.31. The predicted octanol–water partition coefficient (Wildman–Crippen LogP) is 4.73. The lowest BCUT2D eigenvalue weighted by atomic mass is 9.98. The minimum atomic E-state index is -0.162. The molecule has 5 nitrogen and oxygen atoms in total. The van der Waals surface area contributed by atoms with Crippen LogP contribution in [-0.4, -0.2) is 24.1 Å². The Balaban J connectivity index is 2.12. The third-order valence-corrected chi connectivity index (χ3v) is 5.19. The van der Waals surface area contributed by atoms with Gasteiger partial charge in [-0.3, -0.25) is 4.79 Å². The second kappa shape index (κ2) is 8.08. The van der Waals surface area contributed by atoms with Gasteiger partial charge in [0.05, 0.1) is 30.5 Å². The molecule has 1 atom stereocenters. The lowest BCUT2D eigenvalue weighted by Crippen LogP contribution is -2.26. The molecule has 0 fully saturated rings. The van der Waals surface area contributed by atoms with E-state index in [4.69, 9.17) is 9.47 Å². The van der Waals surface area contributed by atoms with Crippen molar-refractivity contribution in [1.29, 1.82) is 0 Å². The molecule has 2 rings (SSSR count). The van der Waals surface area contributed by atoms with Crippen molar-refractivity contribution >= 4 is 17.2 Å². The van der Waals surface area contributed by atoms with Gasteiger partial charge in [-0.2, -0.15) is 0 Å². The molecular formula is C20H28N2O3S. The zero-order chi connectivity index (χ0) is 19.5. The van der Waals surface area contributed by atoms with Gasteiger partial charge in [0.2, 0.25) is 0 Å². The first-order valence-electron chi connectivity index (χ1n) is 8.73. The molecule has 0 saturated heterocycles. The smallest absolute Gasteiger partial charge is 0.263 e. The number of nitrogens with zero attached hydrogens (tertiary/aromatic N) is 1. The van der Waals surface area contributed by atoms with Crippen LogP contribution in [0.1, 0.15) is 67.8 Å². The topological polar surface area (TPSA) is 60.5 Å². The van der Waals surface area contributed by atoms with Crippen LogP contribution >= 0.6 is 11.3 Å². The second-order valence-corrected chi connectivity index (χ2v) is 8.58. The van der Waals surface area contributed by atoms with Crippen LogP contribution in [-0.2, 0) is 5.41 Å². The molecule has 142 valence electrons. The van der Waals surface area contributed by atoms with E-state index in [9.17, 15) is 4.79 Å². The van der Waals surface area contributed by atoms with Crippen molar-refractivity contribution in [2.24, 2.45) is 0 Å². The van der Waals surface area contributed by atoms with E-state index in [1.807, 2.05) is 39.0 Å². The minimum absolute atomic E-state index is 0.0611. The van der Waals surface area contributed by atoms with E-state index in [1.165, 1.54) is 11.3 Å². The number of rotatable bonds is 6. The zero-order valence-corrected chi connectivity index (χ0v) is 17.4. The Morgan fingerprint density at radius 2 is 1.88 bits per heavy atom. The highest BCUT2D eigenvalue weighted by Gasteiger charge is 2.21. The number of carbonyl (C=O) groups excluding carboxylic acids is 1. The highest BCUT2D eigenvalue weighted by atomic mass is 32.1. The van der Waals surface area contributed by atoms with Crippen LogP contribution in [0.2, 0.25) is 0 Å². The Labute approximate surface area is 159 Å². The molecule has 0 saturated carbocycles. The van der Waals surface area contributed by atoms with Gasteiger partial charge in [0.15, 0.2) is 11.5 Å². The van der Waals surface area contributed by atoms with E-state index >= 15 is 0 Å². The molecule has 1 heterocycles. The minimum Gasteiger partial charge on any atom is -0.493 e. The second-order valence-electron chi connectivity index (χ2n) is 7.55. The summed E-state index contributed by atoms with van der Waals surface area (Å²) in [5.74, 6) is 1.24. The number of nitrogens with one attached hydrogen (secondary N) is 1. The van der Waals surface area contributed by atoms with Gasteiger partial charge in [0.1, 0.15) is 4.88 Å². The fraction of sp³-hybridized carbons (Fsp3) is 0.500. The van der Waals surface area contributed by atoms with Crippen LogP contribution in [0.25, 0.3) is 0 Å². The Kier molecular flexibility index (Phi) is 6.29. The number of thiazole rings is 1. The van der Waals surface area contributed by atoms with Crippen LogP contribution in [0.4, 0.5) is 0 Å². The number of amides is 1. The Morgan fingerprint density at radius 1 is 1.19 bits per heavy atom. The quantitative estimate of drug-likeness (QED) is 0.792. The predicted molar refractivity (Wildman–Crippen MR) is 105 cm³/mol. The molecule has 1 aromatic heterocycles. The maximum Gasteiger partial charge on any atom is 0.263 e. The van der Waals surface area contributed by atoms with E-state index in [0.717, 1.165) is 10.6 Å². The lowest BCUT2D eigenvalue weighted by Gasteiger charge is -2.18. The van der Waals surface area contributed by atoms with Crippen LogP contribution in [0.15, 0.2) is 24.4 Å². The van der Waals surface area contributed by atoms with Gasteiger partial charge in [0, 0.05) is 5.41 Å². The molecule has 1 aromatic carbocycles. The van der Waals surface area contributed by atoms with Crippen molar-refractivity contribution in [3.63, 3.8) is 0 Å². The monoisotopic (exact) mass is 376 g/mol. The molecule has 2 aromatic rings. The van der Waals surface area contributed by atoms with Gasteiger partial charge in [-0.25, -0.2) is 4.98 Å². The number of aromatic nitrogens is 1. The van der Waals surface area contributed by atoms with Crippen LogP contribution < -0.4 is 14.8 Å². The summed E-state index contributed by atoms with van der Waals surface area (Å²) in [6.07, 6.45) is 1.71. The highest BCUT2D eigenvalue weighted by molar-refractivity contribution is 7.13. The molecular weight excluding hydrogens is 348 g/mol. The summed E-state index contributed by atoms with van der Waals surface area (Å²) in [6, 6.07) is 5.56. The molecule has 1 N–H and O–H groups in total. The first-order chi connectivity index (χ1) is 12.1. The van der Waals surface area contributed by atoms with E-state index < -0.39 is 0 Å². The maximum absolute atomic E-state index is 12.5. The Bertz CT molecular complexity index is 763. The summed E-state index contributed by atoms with van der Waals surface area (Å²) in [5.41, 5.74) is 0.890. The molecule has 0 bridgehead atoms. The van der Waals surface area contributed by atoms with E-state index in [2.05, 4.69) is 31.1 Å². The maximum atomic E-state index is 12.5. The third-order valence-electron chi connectivity index (χ3n) is 3.77. The van der Waals surface area contributed by atoms with E-state index in [1.54, 1.807) is 13.3 Å². The third kappa shape index (κ3) is 4.97. The molecule has 0 aliphatic carbocycles. The summed E-state index contributed by atoms with van der Waals surface area (Å²) in [6.45, 7) is 12.1. The normalized spacial score (nSPS) is 12.8. The SMILES string of the molecule is COc1cc(C(C)NC(=O)c2cnc(C(C)(C)C)s2)ccc1OC(C)C. The fourth-order valence-electron chi connectivity index (χ4n) is 2.38. The molecule has 0 spiro atoms. The fourth-order valence-corrected chi connectivity index (χ4v) is 3.26. The average Bonchev–Trinajstić information content (AvgIpc) is 3.05. The number of ether oxygens (including phenoxy) is 2. The average molecular weight is 377 g/mol. The van der Waals surface area contributed by atoms with Crippen molar-refractivity contribution in [2.75, 3.05) is 7.11 Å². The number of carbonyl (C=O) groups is 1. The van der Waals surface area contributed by atoms with Crippen molar-refractivity contribution in [1.82, 2.24) is 10.3 Å². The van der Waals surface area contributed by atoms with Gasteiger partial charge < -0.3 is 14.8 Å². The first kappa shape index (κ1) is 20.2. The molecule has 0 radical (unpaired) electrons. The van der Waals surface area contributed by atoms with Crippen LogP contribution in [0, 0.1) is 0 Å². The zero-order valence-electron chi connectivity index (χ0n) is 16.5. The van der Waals surface area contributed by atoms with Crippen LogP contribution in [0.5, 0.6) is 11.5 Å². The Morgan fingerprint density at radius 3 is 2.42 bits per heavy atom. The van der Waals surface area contributed by atoms with Crippen molar-refractivity contribution in [3.05, 3.63) is 39.8 Å². The summed E-state index contributed by atoms with van der Waals surface area (Å²) in [7, 11) is 1.61. The molecule has 1 unspecified atom stereocenters. The number of hydrogen-bond donors (Lipinski definition) is 1. The Hall–Kier alpha value is -2.08. The number of benzene rings is 1. The van der Waals surface area contributed by atoms with Gasteiger partial charge in [0.25, 0.3) is 5.91 Å². The van der Waals surface area contributed by atoms with E-state index in [0.29, 0.717) is 16.4 Å². The van der Waals surface area contributed by atoms with Crippen molar-refractivity contribution < 1.29 is 14.3 Å². The molecule has 26 heavy (non-hydrogen) atoms. The molecule has 0 aliphatic rings. The number of methoxy groups -OCH3 is 1. The summed E-state index contributed by atoms with van der Waals surface area (Å²) < 4.78 is 11.2. The van der Waals surface area contributed by atoms with Gasteiger partial charge in [-0.05, 0) is 38.5 Å². The molecule has 6 heteroatoms. The lowest BCUT2D eigenvalue weighted by molar-refractivity contribution is 0.0943. The summed E-state index contributed by atoms with van der Waals surface area (Å²) in [4.78, 5) is 17.5. The van der Waals surface area contributed by atoms with Gasteiger partial charge in [-0.1, -0.05) is 26.8 Å². The molecule has 0 aliphatic heterocycles. The first-order valence-corrected chi connectivity index (χ1v) is 9.55. The number of hydrogen-bond acceptors (Lipinski definition) is 5. The summed E-state index contributed by atoms with van der Waals surface area (Å²) in [5, 5.41) is 3.97. The van der Waals surface area contributed by atoms with Gasteiger partial charge in [-0.15, -0.1) is 11.3 Å². The van der Waals surface area contributed by atoms with E-state index in [-0.39, 0.29) is 23.5 Å². The van der Waals surface area contributed by atoms with Crippen LogP contribution in [0.3, 0.4) is 0 Å². The van der Waals surface area contributed by atoms with Crippen molar-refractivity contribution in [2.45, 2.75) is 59.1 Å². The van der Waals surface area contributed by atoms with Gasteiger partial charge >= 0.3 is 0 Å². The largest absolute Gasteiger partial charge is 0.493 e.